The van der Waals surface area contributed by atoms with Crippen LogP contribution in [0.3, 0.4) is 0 Å². The molecule has 0 bridgehead atoms. The molecule has 0 spiro atoms. The number of anilines is 1. The summed E-state index contributed by atoms with van der Waals surface area (Å²) in [6.07, 6.45) is 0.835. The smallest absolute Gasteiger partial charge is 0.234 e. The van der Waals surface area contributed by atoms with Crippen molar-refractivity contribution in [2.24, 2.45) is 5.92 Å². The molecule has 0 saturated heterocycles. The second-order valence-corrected chi connectivity index (χ2v) is 7.62. The third-order valence-corrected chi connectivity index (χ3v) is 5.21. The fourth-order valence-electron chi connectivity index (χ4n) is 1.80. The van der Waals surface area contributed by atoms with Crippen molar-refractivity contribution in [1.82, 2.24) is 0 Å². The highest BCUT2D eigenvalue weighted by atomic mass is 35.5. The van der Waals surface area contributed by atoms with Crippen LogP contribution in [0.1, 0.15) is 17.5 Å². The first-order valence-corrected chi connectivity index (χ1v) is 8.12. The van der Waals surface area contributed by atoms with E-state index in [1.807, 2.05) is 32.0 Å². The molecule has 0 radical (unpaired) electrons. The average molecular weight is 318 g/mol. The standard InChI is InChI=1S/C14H17Cl2NOS/c1-9-3-4-10(2)12(5-9)17-13(18)8-19-7-11-6-14(11,15)16/h3-5,11H,6-8H2,1-2H3,(H,17,18)/t11-/m0/s1. The molecule has 0 heterocycles. The summed E-state index contributed by atoms with van der Waals surface area (Å²) in [7, 11) is 0. The molecular formula is C14H17Cl2NOS. The van der Waals surface area contributed by atoms with Crippen molar-refractivity contribution in [1.29, 1.82) is 0 Å². The van der Waals surface area contributed by atoms with E-state index >= 15 is 0 Å². The number of alkyl halides is 2. The van der Waals surface area contributed by atoms with Gasteiger partial charge in [-0.05, 0) is 43.2 Å². The minimum absolute atomic E-state index is 0.0223. The Morgan fingerprint density at radius 1 is 1.47 bits per heavy atom. The second-order valence-electron chi connectivity index (χ2n) is 5.04. The maximum Gasteiger partial charge on any atom is 0.234 e. The second kappa shape index (κ2) is 5.94. The normalized spacial score (nSPS) is 20.1. The van der Waals surface area contributed by atoms with E-state index in [-0.39, 0.29) is 5.91 Å². The van der Waals surface area contributed by atoms with E-state index in [4.69, 9.17) is 23.2 Å². The van der Waals surface area contributed by atoms with Crippen LogP contribution in [0.25, 0.3) is 0 Å². The van der Waals surface area contributed by atoms with Crippen molar-refractivity contribution in [3.8, 4) is 0 Å². The van der Waals surface area contributed by atoms with Gasteiger partial charge in [-0.1, -0.05) is 12.1 Å². The van der Waals surface area contributed by atoms with Crippen LogP contribution in [0, 0.1) is 19.8 Å². The maximum atomic E-state index is 11.8. The van der Waals surface area contributed by atoms with E-state index in [1.54, 1.807) is 11.8 Å². The van der Waals surface area contributed by atoms with Crippen LogP contribution in [0.4, 0.5) is 5.69 Å². The van der Waals surface area contributed by atoms with Crippen LogP contribution in [0.15, 0.2) is 18.2 Å². The fraction of sp³-hybridized carbons (Fsp3) is 0.500. The highest BCUT2D eigenvalue weighted by Gasteiger charge is 2.51. The molecule has 2 rings (SSSR count). The maximum absolute atomic E-state index is 11.8. The van der Waals surface area contributed by atoms with E-state index in [1.165, 1.54) is 0 Å². The molecule has 19 heavy (non-hydrogen) atoms. The monoisotopic (exact) mass is 317 g/mol. The minimum Gasteiger partial charge on any atom is -0.325 e. The summed E-state index contributed by atoms with van der Waals surface area (Å²) in [6, 6.07) is 6.03. The highest BCUT2D eigenvalue weighted by molar-refractivity contribution is 8.00. The molecule has 1 aliphatic rings. The van der Waals surface area contributed by atoms with Gasteiger partial charge in [0.15, 0.2) is 0 Å². The van der Waals surface area contributed by atoms with Gasteiger partial charge in [-0.2, -0.15) is 11.8 Å². The van der Waals surface area contributed by atoms with Gasteiger partial charge < -0.3 is 5.32 Å². The van der Waals surface area contributed by atoms with Crippen molar-refractivity contribution in [3.05, 3.63) is 29.3 Å². The molecule has 0 unspecified atom stereocenters. The van der Waals surface area contributed by atoms with E-state index < -0.39 is 4.33 Å². The van der Waals surface area contributed by atoms with Crippen molar-refractivity contribution in [3.63, 3.8) is 0 Å². The van der Waals surface area contributed by atoms with Crippen LogP contribution in [0.5, 0.6) is 0 Å². The first kappa shape index (κ1) is 15.0. The molecule has 1 N–H and O–H groups in total. The van der Waals surface area contributed by atoms with Crippen LogP contribution >= 0.6 is 35.0 Å². The third-order valence-electron chi connectivity index (χ3n) is 3.18. The lowest BCUT2D eigenvalue weighted by Crippen LogP contribution is -2.15. The van der Waals surface area contributed by atoms with Crippen molar-refractivity contribution < 1.29 is 4.79 Å². The van der Waals surface area contributed by atoms with Gasteiger partial charge in [0.1, 0.15) is 4.33 Å². The van der Waals surface area contributed by atoms with E-state index in [0.717, 1.165) is 29.0 Å². The number of benzene rings is 1. The Hall–Kier alpha value is -0.380. The Balaban J connectivity index is 1.76. The summed E-state index contributed by atoms with van der Waals surface area (Å²) >= 11 is 13.5. The first-order valence-electron chi connectivity index (χ1n) is 6.21. The van der Waals surface area contributed by atoms with Gasteiger partial charge in [0.25, 0.3) is 0 Å². The van der Waals surface area contributed by atoms with Crippen LogP contribution in [-0.2, 0) is 4.79 Å². The molecule has 1 amide bonds. The molecule has 0 aliphatic heterocycles. The van der Waals surface area contributed by atoms with Crippen molar-refractivity contribution in [2.45, 2.75) is 24.6 Å². The molecule has 2 nitrogen and oxygen atoms in total. The van der Waals surface area contributed by atoms with Gasteiger partial charge in [-0.15, -0.1) is 23.2 Å². The Labute approximate surface area is 128 Å². The third kappa shape index (κ3) is 4.30. The zero-order valence-electron chi connectivity index (χ0n) is 11.0. The summed E-state index contributed by atoms with van der Waals surface area (Å²) in [4.78, 5) is 11.8. The van der Waals surface area contributed by atoms with E-state index in [2.05, 4.69) is 5.32 Å². The number of carbonyl (C=O) groups excluding carboxylic acids is 1. The number of aryl methyl sites for hydroxylation is 2. The number of rotatable bonds is 5. The zero-order valence-corrected chi connectivity index (χ0v) is 13.3. The first-order chi connectivity index (χ1) is 8.88. The quantitative estimate of drug-likeness (QED) is 0.826. The number of hydrogen-bond donors (Lipinski definition) is 1. The number of hydrogen-bond acceptors (Lipinski definition) is 2. The van der Waals surface area contributed by atoms with E-state index in [9.17, 15) is 4.79 Å². The van der Waals surface area contributed by atoms with E-state index in [0.29, 0.717) is 11.7 Å². The molecule has 1 aromatic carbocycles. The number of halogens is 2. The zero-order chi connectivity index (χ0) is 14.0. The van der Waals surface area contributed by atoms with Gasteiger partial charge in [0, 0.05) is 11.6 Å². The topological polar surface area (TPSA) is 29.1 Å². The summed E-state index contributed by atoms with van der Waals surface area (Å²) in [5.74, 6) is 1.63. The molecular weight excluding hydrogens is 301 g/mol. The SMILES string of the molecule is Cc1ccc(C)c(NC(=O)CSC[C@@H]2CC2(Cl)Cl)c1. The number of nitrogens with one attached hydrogen (secondary N) is 1. The fourth-order valence-corrected chi connectivity index (χ4v) is 3.57. The predicted molar refractivity (Wildman–Crippen MR) is 84.4 cm³/mol. The lowest BCUT2D eigenvalue weighted by Gasteiger charge is -2.09. The Morgan fingerprint density at radius 2 is 2.16 bits per heavy atom. The van der Waals surface area contributed by atoms with Gasteiger partial charge in [0.05, 0.1) is 5.75 Å². The molecule has 1 aliphatic carbocycles. The van der Waals surface area contributed by atoms with Crippen LogP contribution in [-0.4, -0.2) is 21.7 Å². The average Bonchev–Trinajstić information content (AvgIpc) is 2.92. The lowest BCUT2D eigenvalue weighted by molar-refractivity contribution is -0.113. The molecule has 5 heteroatoms. The molecule has 1 atom stereocenters. The summed E-state index contributed by atoms with van der Waals surface area (Å²) < 4.78 is -0.545. The highest BCUT2D eigenvalue weighted by Crippen LogP contribution is 2.54. The van der Waals surface area contributed by atoms with Crippen molar-refractivity contribution in [2.75, 3.05) is 16.8 Å². The number of carbonyl (C=O) groups is 1. The van der Waals surface area contributed by atoms with Gasteiger partial charge >= 0.3 is 0 Å². The Morgan fingerprint density at radius 3 is 2.79 bits per heavy atom. The minimum atomic E-state index is -0.545. The molecule has 1 aromatic rings. The summed E-state index contributed by atoms with van der Waals surface area (Å²) in [6.45, 7) is 4.00. The molecule has 104 valence electrons. The van der Waals surface area contributed by atoms with Crippen LogP contribution < -0.4 is 5.32 Å². The Kier molecular flexibility index (Phi) is 4.70. The molecule has 1 saturated carbocycles. The van der Waals surface area contributed by atoms with Gasteiger partial charge in [-0.25, -0.2) is 0 Å². The predicted octanol–water partition coefficient (Wildman–Crippen LogP) is 4.17. The number of thioether (sulfide) groups is 1. The molecule has 1 fully saturated rings. The van der Waals surface area contributed by atoms with Crippen molar-refractivity contribution >= 4 is 46.6 Å². The molecule has 0 aromatic heterocycles. The summed E-state index contributed by atoms with van der Waals surface area (Å²) in [5.41, 5.74) is 3.10. The largest absolute Gasteiger partial charge is 0.325 e. The lowest BCUT2D eigenvalue weighted by atomic mass is 10.1. The summed E-state index contributed by atoms with van der Waals surface area (Å²) in [5, 5.41) is 2.94. The van der Waals surface area contributed by atoms with Gasteiger partial charge in [-0.3, -0.25) is 4.79 Å². The van der Waals surface area contributed by atoms with Crippen LogP contribution in [0.2, 0.25) is 0 Å². The number of amides is 1. The van der Waals surface area contributed by atoms with Gasteiger partial charge in [0.2, 0.25) is 5.91 Å². The Bertz CT molecular complexity index is 490.